The van der Waals surface area contributed by atoms with Gasteiger partial charge in [0.05, 0.1) is 15.4 Å². The SMILES string of the molecule is Brc1nn(C2CCCCO2)c2c(Br)cncc12. The maximum atomic E-state index is 5.78. The van der Waals surface area contributed by atoms with Crippen LogP contribution in [0.1, 0.15) is 25.5 Å². The maximum absolute atomic E-state index is 5.78. The monoisotopic (exact) mass is 359 g/mol. The first-order chi connectivity index (χ1) is 8.27. The summed E-state index contributed by atoms with van der Waals surface area (Å²) in [4.78, 5) is 4.16. The van der Waals surface area contributed by atoms with Gasteiger partial charge in [0.1, 0.15) is 4.60 Å². The van der Waals surface area contributed by atoms with Gasteiger partial charge in [-0.15, -0.1) is 0 Å². The van der Waals surface area contributed by atoms with Gasteiger partial charge in [-0.1, -0.05) is 0 Å². The Morgan fingerprint density at radius 3 is 2.94 bits per heavy atom. The Morgan fingerprint density at radius 1 is 1.29 bits per heavy atom. The number of halogens is 2. The average molecular weight is 361 g/mol. The number of hydrogen-bond acceptors (Lipinski definition) is 3. The van der Waals surface area contributed by atoms with Crippen molar-refractivity contribution in [2.45, 2.75) is 25.5 Å². The summed E-state index contributed by atoms with van der Waals surface area (Å²) in [6.45, 7) is 0.812. The Bertz CT molecular complexity index is 549. The van der Waals surface area contributed by atoms with Gasteiger partial charge in [0.25, 0.3) is 0 Å². The third-order valence-electron chi connectivity index (χ3n) is 2.95. The lowest BCUT2D eigenvalue weighted by Crippen LogP contribution is -2.19. The van der Waals surface area contributed by atoms with Crippen LogP contribution < -0.4 is 0 Å². The van der Waals surface area contributed by atoms with Crippen LogP contribution in [0.15, 0.2) is 21.5 Å². The molecule has 3 rings (SSSR count). The van der Waals surface area contributed by atoms with Crippen LogP contribution in [0, 0.1) is 0 Å². The van der Waals surface area contributed by atoms with Crippen molar-refractivity contribution in [2.24, 2.45) is 0 Å². The first-order valence-corrected chi connectivity index (χ1v) is 7.15. The third kappa shape index (κ3) is 2.02. The summed E-state index contributed by atoms with van der Waals surface area (Å²) < 4.78 is 9.49. The normalized spacial score (nSPS) is 20.9. The van der Waals surface area contributed by atoms with Crippen LogP contribution in [0.25, 0.3) is 10.9 Å². The molecule has 3 heterocycles. The zero-order chi connectivity index (χ0) is 11.8. The minimum atomic E-state index is 0.0382. The molecule has 1 aliphatic rings. The van der Waals surface area contributed by atoms with Crippen molar-refractivity contribution in [1.29, 1.82) is 0 Å². The molecule has 0 aromatic carbocycles. The van der Waals surface area contributed by atoms with Crippen molar-refractivity contribution < 1.29 is 4.74 Å². The fraction of sp³-hybridized carbons (Fsp3) is 0.455. The van der Waals surface area contributed by atoms with E-state index >= 15 is 0 Å². The molecule has 17 heavy (non-hydrogen) atoms. The summed E-state index contributed by atoms with van der Waals surface area (Å²) in [6, 6.07) is 0. The van der Waals surface area contributed by atoms with E-state index < -0.39 is 0 Å². The van der Waals surface area contributed by atoms with Crippen LogP contribution in [0.3, 0.4) is 0 Å². The van der Waals surface area contributed by atoms with Crippen molar-refractivity contribution >= 4 is 42.8 Å². The zero-order valence-corrected chi connectivity index (χ0v) is 12.2. The molecule has 1 aliphatic heterocycles. The zero-order valence-electron chi connectivity index (χ0n) is 9.07. The van der Waals surface area contributed by atoms with Crippen molar-refractivity contribution in [3.05, 3.63) is 21.5 Å². The Hall–Kier alpha value is -0.460. The van der Waals surface area contributed by atoms with Crippen molar-refractivity contribution in [3.63, 3.8) is 0 Å². The first kappa shape index (κ1) is 11.6. The molecule has 1 unspecified atom stereocenters. The van der Waals surface area contributed by atoms with Crippen molar-refractivity contribution in [2.75, 3.05) is 6.61 Å². The molecule has 2 aromatic rings. The second-order valence-corrected chi connectivity index (χ2v) is 5.68. The number of hydrogen-bond donors (Lipinski definition) is 0. The van der Waals surface area contributed by atoms with Gasteiger partial charge in [-0.05, 0) is 51.1 Å². The number of ether oxygens (including phenoxy) is 1. The predicted molar refractivity (Wildman–Crippen MR) is 71.8 cm³/mol. The second kappa shape index (κ2) is 4.66. The third-order valence-corrected chi connectivity index (χ3v) is 4.11. The number of nitrogens with zero attached hydrogens (tertiary/aromatic N) is 3. The summed E-state index contributed by atoms with van der Waals surface area (Å²) in [5.41, 5.74) is 1.04. The van der Waals surface area contributed by atoms with E-state index in [1.54, 1.807) is 6.20 Å². The van der Waals surface area contributed by atoms with E-state index in [1.807, 2.05) is 10.9 Å². The van der Waals surface area contributed by atoms with Crippen LogP contribution in [0.4, 0.5) is 0 Å². The van der Waals surface area contributed by atoms with Crippen LogP contribution in [-0.2, 0) is 4.74 Å². The van der Waals surface area contributed by atoms with E-state index in [0.717, 1.165) is 39.4 Å². The van der Waals surface area contributed by atoms with Gasteiger partial charge >= 0.3 is 0 Å². The fourth-order valence-corrected chi connectivity index (χ4v) is 3.11. The maximum Gasteiger partial charge on any atom is 0.150 e. The molecule has 1 saturated heterocycles. The second-order valence-electron chi connectivity index (χ2n) is 4.07. The largest absolute Gasteiger partial charge is 0.356 e. The minimum Gasteiger partial charge on any atom is -0.356 e. The van der Waals surface area contributed by atoms with Crippen LogP contribution in [0.2, 0.25) is 0 Å². The fourth-order valence-electron chi connectivity index (χ4n) is 2.14. The van der Waals surface area contributed by atoms with Crippen LogP contribution in [0.5, 0.6) is 0 Å². The number of rotatable bonds is 1. The summed E-state index contributed by atoms with van der Waals surface area (Å²) in [7, 11) is 0. The van der Waals surface area contributed by atoms with Gasteiger partial charge in [-0.25, -0.2) is 4.68 Å². The number of aromatic nitrogens is 3. The van der Waals surface area contributed by atoms with E-state index in [1.165, 1.54) is 6.42 Å². The molecule has 4 nitrogen and oxygen atoms in total. The molecule has 6 heteroatoms. The topological polar surface area (TPSA) is 39.9 Å². The Balaban J connectivity index is 2.15. The molecular formula is C11H11Br2N3O. The summed E-state index contributed by atoms with van der Waals surface area (Å²) >= 11 is 7.00. The number of pyridine rings is 1. The lowest BCUT2D eigenvalue weighted by molar-refractivity contribution is -0.0369. The molecule has 0 saturated carbocycles. The van der Waals surface area contributed by atoms with E-state index in [9.17, 15) is 0 Å². The molecule has 2 aromatic heterocycles. The highest BCUT2D eigenvalue weighted by molar-refractivity contribution is 9.11. The van der Waals surface area contributed by atoms with Gasteiger partial charge in [-0.3, -0.25) is 4.98 Å². The molecule has 0 amide bonds. The molecule has 0 spiro atoms. The summed E-state index contributed by atoms with van der Waals surface area (Å²) in [5, 5.41) is 5.52. The smallest absolute Gasteiger partial charge is 0.150 e. The highest BCUT2D eigenvalue weighted by atomic mass is 79.9. The van der Waals surface area contributed by atoms with E-state index in [2.05, 4.69) is 41.9 Å². The Labute approximate surface area is 116 Å². The van der Waals surface area contributed by atoms with Crippen LogP contribution in [-0.4, -0.2) is 21.4 Å². The van der Waals surface area contributed by atoms with Crippen LogP contribution >= 0.6 is 31.9 Å². The molecule has 0 aliphatic carbocycles. The van der Waals surface area contributed by atoms with Gasteiger partial charge in [0, 0.05) is 19.0 Å². The summed E-state index contributed by atoms with van der Waals surface area (Å²) in [5.74, 6) is 0. The molecule has 0 radical (unpaired) electrons. The summed E-state index contributed by atoms with van der Waals surface area (Å²) in [6.07, 6.45) is 6.98. The predicted octanol–water partition coefficient (Wildman–Crippen LogP) is 3.66. The lowest BCUT2D eigenvalue weighted by atomic mass is 10.2. The molecule has 1 atom stereocenters. The quantitative estimate of drug-likeness (QED) is 0.779. The highest BCUT2D eigenvalue weighted by Crippen LogP contribution is 2.33. The van der Waals surface area contributed by atoms with Gasteiger partial charge in [0.2, 0.25) is 0 Å². The van der Waals surface area contributed by atoms with Gasteiger partial charge in [-0.2, -0.15) is 5.10 Å². The lowest BCUT2D eigenvalue weighted by Gasteiger charge is -2.23. The Kier molecular flexibility index (Phi) is 3.19. The standard InChI is InChI=1S/C11H11Br2N3O/c12-8-6-14-5-7-10(8)16(15-11(7)13)9-3-1-2-4-17-9/h5-6,9H,1-4H2. The van der Waals surface area contributed by atoms with E-state index in [-0.39, 0.29) is 6.23 Å². The van der Waals surface area contributed by atoms with Crippen molar-refractivity contribution in [3.8, 4) is 0 Å². The average Bonchev–Trinajstić information content (AvgIpc) is 2.70. The molecule has 0 N–H and O–H groups in total. The van der Waals surface area contributed by atoms with E-state index in [0.29, 0.717) is 0 Å². The van der Waals surface area contributed by atoms with Crippen molar-refractivity contribution in [1.82, 2.24) is 14.8 Å². The molecule has 90 valence electrons. The first-order valence-electron chi connectivity index (χ1n) is 5.56. The molecule has 0 bridgehead atoms. The number of fused-ring (bicyclic) bond motifs is 1. The molecular weight excluding hydrogens is 350 g/mol. The minimum absolute atomic E-state index is 0.0382. The van der Waals surface area contributed by atoms with E-state index in [4.69, 9.17) is 4.74 Å². The van der Waals surface area contributed by atoms with Gasteiger partial charge in [0.15, 0.2) is 6.23 Å². The van der Waals surface area contributed by atoms with Gasteiger partial charge < -0.3 is 4.74 Å². The molecule has 1 fully saturated rings. The highest BCUT2D eigenvalue weighted by Gasteiger charge is 2.21. The Morgan fingerprint density at radius 2 is 2.18 bits per heavy atom.